The molecule has 0 bridgehead atoms. The molecule has 2 aromatic rings. The Hall–Kier alpha value is -2.20. The fraction of sp³-hybridized carbons (Fsp3) is 0. The molecule has 92 valence electrons. The monoisotopic (exact) mass is 288 g/mol. The zero-order valence-electron chi connectivity index (χ0n) is 9.52. The predicted octanol–water partition coefficient (Wildman–Crippen LogP) is 4.68. The Morgan fingerprint density at radius 1 is 1.11 bits per heavy atom. The van der Waals surface area contributed by atoms with E-state index in [4.69, 9.17) is 38.1 Å². The van der Waals surface area contributed by atoms with E-state index in [1.807, 2.05) is 0 Å². The number of nitriles is 2. The van der Waals surface area contributed by atoms with Gasteiger partial charge in [0.2, 0.25) is 0 Å². The van der Waals surface area contributed by atoms with Crippen LogP contribution in [0.2, 0.25) is 10.0 Å². The van der Waals surface area contributed by atoms with Crippen LogP contribution in [-0.4, -0.2) is 0 Å². The van der Waals surface area contributed by atoms with Gasteiger partial charge in [-0.15, -0.1) is 0 Å². The minimum atomic E-state index is -0.0295. The third-order valence-electron chi connectivity index (χ3n) is 2.35. The van der Waals surface area contributed by atoms with Gasteiger partial charge in [0.05, 0.1) is 5.02 Å². The number of allylic oxidation sites excluding steroid dienone is 1. The maximum atomic E-state index is 8.67. The lowest BCUT2D eigenvalue weighted by molar-refractivity contribution is 0.571. The van der Waals surface area contributed by atoms with Crippen molar-refractivity contribution in [1.29, 1.82) is 10.5 Å². The van der Waals surface area contributed by atoms with E-state index in [1.165, 1.54) is 6.08 Å². The predicted molar refractivity (Wildman–Crippen MR) is 73.4 cm³/mol. The van der Waals surface area contributed by atoms with Gasteiger partial charge in [-0.05, 0) is 30.3 Å². The van der Waals surface area contributed by atoms with Gasteiger partial charge < -0.3 is 4.42 Å². The van der Waals surface area contributed by atoms with Gasteiger partial charge in [-0.2, -0.15) is 10.5 Å². The van der Waals surface area contributed by atoms with Crippen molar-refractivity contribution in [3.8, 4) is 23.5 Å². The van der Waals surface area contributed by atoms with Gasteiger partial charge in [0.1, 0.15) is 29.2 Å². The van der Waals surface area contributed by atoms with Gasteiger partial charge in [0.15, 0.2) is 0 Å². The molecule has 0 fully saturated rings. The lowest BCUT2D eigenvalue weighted by Gasteiger charge is -2.00. The molecular formula is C14H6Cl2N2O. The molecular weight excluding hydrogens is 283 g/mol. The standard InChI is InChI=1S/C14H6Cl2N2O/c15-10-1-3-13(16)12(6-10)14-4-2-11(19-14)5-9(7-17)8-18/h1-6H. The molecule has 2 rings (SSSR count). The van der Waals surface area contributed by atoms with Gasteiger partial charge in [-0.3, -0.25) is 0 Å². The van der Waals surface area contributed by atoms with Crippen LogP contribution in [0.25, 0.3) is 17.4 Å². The Balaban J connectivity index is 2.43. The van der Waals surface area contributed by atoms with Crippen molar-refractivity contribution in [1.82, 2.24) is 0 Å². The number of furan rings is 1. The maximum Gasteiger partial charge on any atom is 0.136 e. The van der Waals surface area contributed by atoms with E-state index < -0.39 is 0 Å². The summed E-state index contributed by atoms with van der Waals surface area (Å²) in [4.78, 5) is 0. The lowest BCUT2D eigenvalue weighted by Crippen LogP contribution is -1.76. The third kappa shape index (κ3) is 2.98. The van der Waals surface area contributed by atoms with Crippen LogP contribution in [0.5, 0.6) is 0 Å². The van der Waals surface area contributed by atoms with Crippen molar-refractivity contribution in [2.75, 3.05) is 0 Å². The van der Waals surface area contributed by atoms with E-state index in [-0.39, 0.29) is 5.57 Å². The summed E-state index contributed by atoms with van der Waals surface area (Å²) in [5, 5.41) is 18.4. The lowest BCUT2D eigenvalue weighted by atomic mass is 10.2. The molecule has 5 heteroatoms. The summed E-state index contributed by atoms with van der Waals surface area (Å²) in [5.41, 5.74) is 0.627. The molecule has 0 amide bonds. The Labute approximate surface area is 119 Å². The molecule has 0 radical (unpaired) electrons. The van der Waals surface area contributed by atoms with Crippen LogP contribution in [0, 0.1) is 22.7 Å². The van der Waals surface area contributed by atoms with Crippen LogP contribution in [0.15, 0.2) is 40.3 Å². The first-order chi connectivity index (χ1) is 9.13. The van der Waals surface area contributed by atoms with Crippen molar-refractivity contribution >= 4 is 29.3 Å². The summed E-state index contributed by atoms with van der Waals surface area (Å²) in [7, 11) is 0. The fourth-order valence-electron chi connectivity index (χ4n) is 1.49. The number of halogens is 2. The van der Waals surface area contributed by atoms with E-state index in [2.05, 4.69) is 0 Å². The van der Waals surface area contributed by atoms with Gasteiger partial charge in [-0.25, -0.2) is 0 Å². The summed E-state index contributed by atoms with van der Waals surface area (Å²) in [6.45, 7) is 0. The second-order valence-corrected chi connectivity index (χ2v) is 4.45. The summed E-state index contributed by atoms with van der Waals surface area (Å²) < 4.78 is 5.52. The number of hydrogen-bond donors (Lipinski definition) is 0. The first-order valence-corrected chi connectivity index (χ1v) is 5.97. The minimum Gasteiger partial charge on any atom is -0.457 e. The quantitative estimate of drug-likeness (QED) is 0.754. The third-order valence-corrected chi connectivity index (χ3v) is 2.91. The molecule has 19 heavy (non-hydrogen) atoms. The highest BCUT2D eigenvalue weighted by Crippen LogP contribution is 2.32. The average Bonchev–Trinajstić information content (AvgIpc) is 2.87. The summed E-state index contributed by atoms with van der Waals surface area (Å²) >= 11 is 12.0. The van der Waals surface area contributed by atoms with E-state index in [0.717, 1.165) is 0 Å². The molecule has 0 aliphatic rings. The first-order valence-electron chi connectivity index (χ1n) is 5.21. The van der Waals surface area contributed by atoms with Crippen LogP contribution < -0.4 is 0 Å². The Bertz CT molecular complexity index is 717. The van der Waals surface area contributed by atoms with Crippen molar-refractivity contribution < 1.29 is 4.42 Å². The average molecular weight is 289 g/mol. The molecule has 0 saturated carbocycles. The molecule has 0 spiro atoms. The highest BCUT2D eigenvalue weighted by Gasteiger charge is 2.09. The fourth-order valence-corrected chi connectivity index (χ4v) is 1.88. The molecule has 0 unspecified atom stereocenters. The van der Waals surface area contributed by atoms with E-state index >= 15 is 0 Å². The second-order valence-electron chi connectivity index (χ2n) is 3.61. The van der Waals surface area contributed by atoms with Crippen molar-refractivity contribution in [2.24, 2.45) is 0 Å². The zero-order chi connectivity index (χ0) is 13.8. The van der Waals surface area contributed by atoms with Crippen LogP contribution >= 0.6 is 23.2 Å². The number of benzene rings is 1. The number of nitrogens with zero attached hydrogens (tertiary/aromatic N) is 2. The molecule has 1 aromatic heterocycles. The van der Waals surface area contributed by atoms with Gasteiger partial charge in [0, 0.05) is 16.7 Å². The Morgan fingerprint density at radius 2 is 1.84 bits per heavy atom. The summed E-state index contributed by atoms with van der Waals surface area (Å²) in [6.07, 6.45) is 1.36. The normalized spacial score (nSPS) is 9.47. The van der Waals surface area contributed by atoms with Crippen molar-refractivity contribution in [2.45, 2.75) is 0 Å². The van der Waals surface area contributed by atoms with Crippen molar-refractivity contribution in [3.05, 3.63) is 51.7 Å². The molecule has 0 N–H and O–H groups in total. The smallest absolute Gasteiger partial charge is 0.136 e. The van der Waals surface area contributed by atoms with Gasteiger partial charge in [0.25, 0.3) is 0 Å². The molecule has 0 atom stereocenters. The summed E-state index contributed by atoms with van der Waals surface area (Å²) in [5.74, 6) is 0.929. The SMILES string of the molecule is N#CC(C#N)=Cc1ccc(-c2cc(Cl)ccc2Cl)o1. The van der Waals surface area contributed by atoms with Crippen LogP contribution in [0.3, 0.4) is 0 Å². The molecule has 0 saturated heterocycles. The van der Waals surface area contributed by atoms with Crippen LogP contribution in [0.1, 0.15) is 5.76 Å². The topological polar surface area (TPSA) is 60.7 Å². The van der Waals surface area contributed by atoms with Gasteiger partial charge >= 0.3 is 0 Å². The van der Waals surface area contributed by atoms with E-state index in [1.54, 1.807) is 42.5 Å². The highest BCUT2D eigenvalue weighted by atomic mass is 35.5. The van der Waals surface area contributed by atoms with E-state index in [0.29, 0.717) is 27.1 Å². The molecule has 0 aliphatic carbocycles. The Morgan fingerprint density at radius 3 is 2.53 bits per heavy atom. The number of hydrogen-bond acceptors (Lipinski definition) is 3. The largest absolute Gasteiger partial charge is 0.457 e. The van der Waals surface area contributed by atoms with Crippen LogP contribution in [0.4, 0.5) is 0 Å². The van der Waals surface area contributed by atoms with Gasteiger partial charge in [-0.1, -0.05) is 23.2 Å². The van der Waals surface area contributed by atoms with E-state index in [9.17, 15) is 0 Å². The zero-order valence-corrected chi connectivity index (χ0v) is 11.0. The van der Waals surface area contributed by atoms with Crippen molar-refractivity contribution in [3.63, 3.8) is 0 Å². The molecule has 0 aliphatic heterocycles. The summed E-state index contributed by atoms with van der Waals surface area (Å²) in [6, 6.07) is 11.9. The van der Waals surface area contributed by atoms with Crippen LogP contribution in [-0.2, 0) is 0 Å². The second kappa shape index (κ2) is 5.63. The Kier molecular flexibility index (Phi) is 3.92. The maximum absolute atomic E-state index is 8.67. The molecule has 1 heterocycles. The minimum absolute atomic E-state index is 0.0295. The highest BCUT2D eigenvalue weighted by molar-refractivity contribution is 6.35. The molecule has 3 nitrogen and oxygen atoms in total. The first kappa shape index (κ1) is 13.2. The molecule has 1 aromatic carbocycles. The number of rotatable bonds is 2.